The molecule has 2 N–H and O–H groups in total. The molecule has 0 radical (unpaired) electrons. The van der Waals surface area contributed by atoms with E-state index in [1.807, 2.05) is 19.1 Å². The molecule has 1 aliphatic rings. The average molecular weight is 528 g/mol. The van der Waals surface area contributed by atoms with Gasteiger partial charge in [0.25, 0.3) is 0 Å². The molecule has 0 saturated carbocycles. The fourth-order valence-corrected chi connectivity index (χ4v) is 3.26. The molecule has 9 heteroatoms. The van der Waals surface area contributed by atoms with Crippen LogP contribution >= 0.6 is 24.0 Å². The second-order valence-electron chi connectivity index (χ2n) is 7.26. The molecule has 2 atom stereocenters. The minimum Gasteiger partial charge on any atom is -0.373 e. The van der Waals surface area contributed by atoms with Crippen LogP contribution in [0.25, 0.3) is 0 Å². The largest absolute Gasteiger partial charge is 0.390 e. The monoisotopic (exact) mass is 528 g/mol. The van der Waals surface area contributed by atoms with Crippen molar-refractivity contribution in [3.63, 3.8) is 0 Å². The summed E-state index contributed by atoms with van der Waals surface area (Å²) in [5.74, 6) is 0.395. The molecule has 1 heterocycles. The van der Waals surface area contributed by atoms with Gasteiger partial charge in [0.15, 0.2) is 5.96 Å². The maximum Gasteiger partial charge on any atom is 0.390 e. The van der Waals surface area contributed by atoms with E-state index in [9.17, 15) is 13.2 Å². The highest BCUT2D eigenvalue weighted by molar-refractivity contribution is 14.0. The van der Waals surface area contributed by atoms with Crippen LogP contribution < -0.4 is 10.6 Å². The van der Waals surface area contributed by atoms with Crippen molar-refractivity contribution in [3.05, 3.63) is 35.4 Å². The summed E-state index contributed by atoms with van der Waals surface area (Å²) in [7, 11) is 0. The molecule has 0 aliphatic carbocycles. The number of morpholine rings is 1. The summed E-state index contributed by atoms with van der Waals surface area (Å²) in [6.07, 6.45) is -4.57. The fourth-order valence-electron chi connectivity index (χ4n) is 3.26. The molecule has 166 valence electrons. The van der Waals surface area contributed by atoms with Gasteiger partial charge < -0.3 is 15.4 Å². The molecular weight excluding hydrogens is 496 g/mol. The van der Waals surface area contributed by atoms with Gasteiger partial charge in [-0.05, 0) is 31.9 Å². The molecule has 1 aromatic rings. The van der Waals surface area contributed by atoms with Crippen molar-refractivity contribution in [3.8, 4) is 0 Å². The van der Waals surface area contributed by atoms with Gasteiger partial charge in [0.05, 0.1) is 25.2 Å². The number of alkyl halides is 3. The number of hydrogen-bond acceptors (Lipinski definition) is 3. The van der Waals surface area contributed by atoms with Crippen LogP contribution in [0.1, 0.15) is 38.3 Å². The normalized spacial score (nSPS) is 20.8. The van der Waals surface area contributed by atoms with E-state index in [4.69, 9.17) is 4.74 Å². The Morgan fingerprint density at radius 1 is 1.10 bits per heavy atom. The number of benzene rings is 1. The lowest BCUT2D eigenvalue weighted by Crippen LogP contribution is -2.44. The van der Waals surface area contributed by atoms with Crippen LogP contribution in [0.15, 0.2) is 29.3 Å². The van der Waals surface area contributed by atoms with E-state index in [2.05, 4.69) is 46.5 Å². The van der Waals surface area contributed by atoms with E-state index in [0.717, 1.165) is 25.2 Å². The van der Waals surface area contributed by atoms with Crippen LogP contribution in [0.4, 0.5) is 13.2 Å². The van der Waals surface area contributed by atoms with Gasteiger partial charge >= 0.3 is 6.18 Å². The third-order valence-corrected chi connectivity index (χ3v) is 4.39. The Balaban J connectivity index is 0.00000420. The second-order valence-corrected chi connectivity index (χ2v) is 7.26. The first-order chi connectivity index (χ1) is 13.2. The maximum atomic E-state index is 12.3. The molecule has 1 aromatic carbocycles. The van der Waals surface area contributed by atoms with Crippen molar-refractivity contribution in [1.29, 1.82) is 0 Å². The summed E-state index contributed by atoms with van der Waals surface area (Å²) in [4.78, 5) is 6.76. The van der Waals surface area contributed by atoms with Crippen LogP contribution in [0, 0.1) is 0 Å². The summed E-state index contributed by atoms with van der Waals surface area (Å²) in [6.45, 7) is 9.60. The number of guanidine groups is 1. The SMILES string of the molecule is CCNC(=NCc1ccc(CN2CC(C)OC(C)C2)cc1)NCCC(F)(F)F.I. The summed E-state index contributed by atoms with van der Waals surface area (Å²) < 4.78 is 42.6. The van der Waals surface area contributed by atoms with E-state index in [0.29, 0.717) is 19.0 Å². The third kappa shape index (κ3) is 10.5. The molecule has 0 bridgehead atoms. The Hall–Kier alpha value is -1.07. The van der Waals surface area contributed by atoms with Gasteiger partial charge in [0.1, 0.15) is 0 Å². The molecule has 2 unspecified atom stereocenters. The predicted molar refractivity (Wildman–Crippen MR) is 121 cm³/mol. The zero-order valence-electron chi connectivity index (χ0n) is 17.3. The average Bonchev–Trinajstić information content (AvgIpc) is 2.59. The number of aliphatic imine (C=N–C) groups is 1. The first-order valence-corrected chi connectivity index (χ1v) is 9.79. The van der Waals surface area contributed by atoms with Crippen molar-refractivity contribution in [2.45, 2.75) is 58.7 Å². The smallest absolute Gasteiger partial charge is 0.373 e. The van der Waals surface area contributed by atoms with Crippen molar-refractivity contribution < 1.29 is 17.9 Å². The van der Waals surface area contributed by atoms with Crippen molar-refractivity contribution in [2.24, 2.45) is 4.99 Å². The van der Waals surface area contributed by atoms with E-state index in [1.165, 1.54) is 5.56 Å². The highest BCUT2D eigenvalue weighted by Crippen LogP contribution is 2.18. The van der Waals surface area contributed by atoms with E-state index in [-0.39, 0.29) is 42.7 Å². The van der Waals surface area contributed by atoms with Gasteiger partial charge in [-0.1, -0.05) is 24.3 Å². The number of halogens is 4. The van der Waals surface area contributed by atoms with Crippen LogP contribution in [0.3, 0.4) is 0 Å². The third-order valence-electron chi connectivity index (χ3n) is 4.39. The van der Waals surface area contributed by atoms with Crippen molar-refractivity contribution in [1.82, 2.24) is 15.5 Å². The molecule has 1 saturated heterocycles. The lowest BCUT2D eigenvalue weighted by Gasteiger charge is -2.35. The Labute approximate surface area is 188 Å². The van der Waals surface area contributed by atoms with Crippen LogP contribution in [0.2, 0.25) is 0 Å². The van der Waals surface area contributed by atoms with E-state index >= 15 is 0 Å². The number of ether oxygens (including phenoxy) is 1. The van der Waals surface area contributed by atoms with Gasteiger partial charge in [-0.25, -0.2) is 4.99 Å². The lowest BCUT2D eigenvalue weighted by molar-refractivity contribution is -0.132. The summed E-state index contributed by atoms with van der Waals surface area (Å²) >= 11 is 0. The van der Waals surface area contributed by atoms with E-state index < -0.39 is 12.6 Å². The molecule has 0 spiro atoms. The molecular formula is C20H32F3IN4O. The van der Waals surface area contributed by atoms with Crippen LogP contribution in [-0.2, 0) is 17.8 Å². The molecule has 0 aromatic heterocycles. The highest BCUT2D eigenvalue weighted by Gasteiger charge is 2.26. The number of nitrogens with one attached hydrogen (secondary N) is 2. The van der Waals surface area contributed by atoms with Crippen molar-refractivity contribution in [2.75, 3.05) is 26.2 Å². The number of rotatable bonds is 7. The first-order valence-electron chi connectivity index (χ1n) is 9.79. The minimum atomic E-state index is -4.17. The fraction of sp³-hybridized carbons (Fsp3) is 0.650. The Morgan fingerprint density at radius 3 is 2.24 bits per heavy atom. The minimum absolute atomic E-state index is 0. The summed E-state index contributed by atoms with van der Waals surface area (Å²) in [6, 6.07) is 8.20. The maximum absolute atomic E-state index is 12.3. The Bertz CT molecular complexity index is 615. The standard InChI is InChI=1S/C20H31F3N4O.HI/c1-4-24-19(25-10-9-20(21,22)23)26-11-17-5-7-18(8-6-17)14-27-12-15(2)28-16(3)13-27;/h5-8,15-16H,4,9-14H2,1-3H3,(H2,24,25,26);1H. The van der Waals surface area contributed by atoms with Gasteiger partial charge in [0, 0.05) is 32.7 Å². The predicted octanol–water partition coefficient (Wildman–Crippen LogP) is 3.92. The van der Waals surface area contributed by atoms with Crippen molar-refractivity contribution >= 4 is 29.9 Å². The number of nitrogens with zero attached hydrogens (tertiary/aromatic N) is 2. The zero-order chi connectivity index (χ0) is 20.6. The van der Waals surface area contributed by atoms with Gasteiger partial charge in [0.2, 0.25) is 0 Å². The Morgan fingerprint density at radius 2 is 1.69 bits per heavy atom. The Kier molecular flexibility index (Phi) is 11.3. The van der Waals surface area contributed by atoms with Crippen LogP contribution in [-0.4, -0.2) is 55.4 Å². The van der Waals surface area contributed by atoms with Gasteiger partial charge in [-0.15, -0.1) is 24.0 Å². The molecule has 29 heavy (non-hydrogen) atoms. The van der Waals surface area contributed by atoms with E-state index in [1.54, 1.807) is 0 Å². The summed E-state index contributed by atoms with van der Waals surface area (Å²) in [5.41, 5.74) is 2.24. The quantitative estimate of drug-likeness (QED) is 0.320. The van der Waals surface area contributed by atoms with Crippen LogP contribution in [0.5, 0.6) is 0 Å². The molecule has 1 aliphatic heterocycles. The van der Waals surface area contributed by atoms with Gasteiger partial charge in [-0.3, -0.25) is 4.90 Å². The molecule has 1 fully saturated rings. The molecule has 5 nitrogen and oxygen atoms in total. The number of hydrogen-bond donors (Lipinski definition) is 2. The highest BCUT2D eigenvalue weighted by atomic mass is 127. The molecule has 2 rings (SSSR count). The zero-order valence-corrected chi connectivity index (χ0v) is 19.6. The first kappa shape index (κ1) is 26.0. The molecule has 0 amide bonds. The van der Waals surface area contributed by atoms with Gasteiger partial charge in [-0.2, -0.15) is 13.2 Å². The summed E-state index contributed by atoms with van der Waals surface area (Å²) in [5, 5.41) is 5.69. The topological polar surface area (TPSA) is 48.9 Å². The second kappa shape index (κ2) is 12.6. The lowest BCUT2D eigenvalue weighted by atomic mass is 10.1.